The summed E-state index contributed by atoms with van der Waals surface area (Å²) in [7, 11) is 1.93. The minimum Gasteiger partial charge on any atom is -0.486 e. The lowest BCUT2D eigenvalue weighted by Crippen LogP contribution is -2.37. The van der Waals surface area contributed by atoms with E-state index >= 15 is 0 Å². The number of rotatable bonds is 8. The van der Waals surface area contributed by atoms with Gasteiger partial charge in [0.1, 0.15) is 18.2 Å². The van der Waals surface area contributed by atoms with E-state index in [-0.39, 0.29) is 11.9 Å². The molecule has 1 aromatic heterocycles. The first-order chi connectivity index (χ1) is 13.6. The van der Waals surface area contributed by atoms with Crippen LogP contribution in [0.4, 0.5) is 0 Å². The third-order valence-corrected chi connectivity index (χ3v) is 4.97. The van der Waals surface area contributed by atoms with Crippen LogP contribution < -0.4 is 4.74 Å². The van der Waals surface area contributed by atoms with Crippen LogP contribution in [0.5, 0.6) is 5.75 Å². The standard InChI is InChI=1S/C23H27N3O2/c1-4-18(2)26(16-19-8-6-5-7-9-19)23(27)20-10-12-21(13-11-20)28-17-22-24-14-15-25(22)3/h5-15,18H,4,16-17H2,1-3H3. The highest BCUT2D eigenvalue weighted by molar-refractivity contribution is 5.94. The fourth-order valence-corrected chi connectivity index (χ4v) is 2.97. The maximum Gasteiger partial charge on any atom is 0.254 e. The largest absolute Gasteiger partial charge is 0.486 e. The maximum absolute atomic E-state index is 13.1. The van der Waals surface area contributed by atoms with Crippen molar-refractivity contribution in [1.29, 1.82) is 0 Å². The van der Waals surface area contributed by atoms with Gasteiger partial charge in [-0.15, -0.1) is 0 Å². The van der Waals surface area contributed by atoms with Crippen LogP contribution in [0.2, 0.25) is 0 Å². The lowest BCUT2D eigenvalue weighted by molar-refractivity contribution is 0.0671. The second-order valence-corrected chi connectivity index (χ2v) is 6.94. The molecule has 0 aliphatic carbocycles. The molecular formula is C23H27N3O2. The van der Waals surface area contributed by atoms with E-state index in [1.165, 1.54) is 0 Å². The SMILES string of the molecule is CCC(C)N(Cc1ccccc1)C(=O)c1ccc(OCc2nccn2C)cc1. The van der Waals surface area contributed by atoms with Gasteiger partial charge in [0.05, 0.1) is 0 Å². The number of hydrogen-bond acceptors (Lipinski definition) is 3. The van der Waals surface area contributed by atoms with Gasteiger partial charge >= 0.3 is 0 Å². The van der Waals surface area contributed by atoms with Crippen LogP contribution in [-0.4, -0.2) is 26.4 Å². The Morgan fingerprint density at radius 3 is 2.46 bits per heavy atom. The summed E-state index contributed by atoms with van der Waals surface area (Å²) in [5, 5.41) is 0. The topological polar surface area (TPSA) is 47.4 Å². The smallest absolute Gasteiger partial charge is 0.254 e. The first-order valence-corrected chi connectivity index (χ1v) is 9.62. The van der Waals surface area contributed by atoms with Crippen LogP contribution in [0.25, 0.3) is 0 Å². The summed E-state index contributed by atoms with van der Waals surface area (Å²) >= 11 is 0. The molecule has 0 saturated carbocycles. The molecule has 0 aliphatic heterocycles. The Hall–Kier alpha value is -3.08. The fraction of sp³-hybridized carbons (Fsp3) is 0.304. The van der Waals surface area contributed by atoms with E-state index in [0.29, 0.717) is 18.7 Å². The summed E-state index contributed by atoms with van der Waals surface area (Å²) in [4.78, 5) is 19.3. The third kappa shape index (κ3) is 4.80. The highest BCUT2D eigenvalue weighted by Crippen LogP contribution is 2.19. The summed E-state index contributed by atoms with van der Waals surface area (Å²) in [6.07, 6.45) is 4.54. The Kier molecular flexibility index (Phi) is 6.48. The summed E-state index contributed by atoms with van der Waals surface area (Å²) in [5.74, 6) is 1.61. The van der Waals surface area contributed by atoms with E-state index in [2.05, 4.69) is 31.0 Å². The average Bonchev–Trinajstić information content (AvgIpc) is 3.15. The lowest BCUT2D eigenvalue weighted by atomic mass is 10.1. The molecule has 28 heavy (non-hydrogen) atoms. The molecular weight excluding hydrogens is 350 g/mol. The monoisotopic (exact) mass is 377 g/mol. The first kappa shape index (κ1) is 19.7. The van der Waals surface area contributed by atoms with Crippen molar-refractivity contribution < 1.29 is 9.53 Å². The minimum absolute atomic E-state index is 0.0360. The molecule has 1 unspecified atom stereocenters. The quantitative estimate of drug-likeness (QED) is 0.583. The molecule has 2 aromatic carbocycles. The van der Waals surface area contributed by atoms with Crippen molar-refractivity contribution in [2.24, 2.45) is 7.05 Å². The highest BCUT2D eigenvalue weighted by Gasteiger charge is 2.20. The zero-order valence-corrected chi connectivity index (χ0v) is 16.7. The molecule has 0 radical (unpaired) electrons. The van der Waals surface area contributed by atoms with Gasteiger partial charge in [-0.1, -0.05) is 37.3 Å². The predicted octanol–water partition coefficient (Wildman–Crippen LogP) is 4.44. The lowest BCUT2D eigenvalue weighted by Gasteiger charge is -2.29. The number of aryl methyl sites for hydroxylation is 1. The highest BCUT2D eigenvalue weighted by atomic mass is 16.5. The van der Waals surface area contributed by atoms with Crippen LogP contribution in [-0.2, 0) is 20.2 Å². The normalized spacial score (nSPS) is 11.8. The van der Waals surface area contributed by atoms with Crippen LogP contribution in [0.15, 0.2) is 67.0 Å². The van der Waals surface area contributed by atoms with Gasteiger partial charge in [-0.2, -0.15) is 0 Å². The molecule has 1 atom stereocenters. The van der Waals surface area contributed by atoms with Crippen LogP contribution >= 0.6 is 0 Å². The van der Waals surface area contributed by atoms with Crippen molar-refractivity contribution in [1.82, 2.24) is 14.5 Å². The maximum atomic E-state index is 13.1. The molecule has 0 aliphatic rings. The van der Waals surface area contributed by atoms with Gasteiger partial charge in [0, 0.05) is 37.6 Å². The molecule has 1 heterocycles. The number of nitrogens with zero attached hydrogens (tertiary/aromatic N) is 3. The van der Waals surface area contributed by atoms with Crippen LogP contribution in [0, 0.1) is 0 Å². The number of imidazole rings is 1. The second kappa shape index (κ2) is 9.22. The number of hydrogen-bond donors (Lipinski definition) is 0. The van der Waals surface area contributed by atoms with Crippen LogP contribution in [0.3, 0.4) is 0 Å². The second-order valence-electron chi connectivity index (χ2n) is 6.94. The third-order valence-electron chi connectivity index (χ3n) is 4.97. The molecule has 146 valence electrons. The molecule has 3 rings (SSSR count). The predicted molar refractivity (Wildman–Crippen MR) is 110 cm³/mol. The molecule has 0 saturated heterocycles. The van der Waals surface area contributed by atoms with E-state index in [1.54, 1.807) is 6.20 Å². The van der Waals surface area contributed by atoms with E-state index in [1.807, 2.05) is 65.2 Å². The Labute approximate surface area is 166 Å². The van der Waals surface area contributed by atoms with Gasteiger partial charge in [0.15, 0.2) is 0 Å². The molecule has 5 nitrogen and oxygen atoms in total. The summed E-state index contributed by atoms with van der Waals surface area (Å²) in [6.45, 7) is 5.19. The van der Waals surface area contributed by atoms with Gasteiger partial charge in [0.25, 0.3) is 5.91 Å². The summed E-state index contributed by atoms with van der Waals surface area (Å²) in [6, 6.07) is 17.6. The van der Waals surface area contributed by atoms with E-state index < -0.39 is 0 Å². The Morgan fingerprint density at radius 1 is 1.14 bits per heavy atom. The Morgan fingerprint density at radius 2 is 1.86 bits per heavy atom. The van der Waals surface area contributed by atoms with Gasteiger partial charge < -0.3 is 14.2 Å². The number of aromatic nitrogens is 2. The number of benzene rings is 2. The van der Waals surface area contributed by atoms with Gasteiger partial charge in [-0.25, -0.2) is 4.98 Å². The van der Waals surface area contributed by atoms with Crippen molar-refractivity contribution in [2.45, 2.75) is 39.5 Å². The first-order valence-electron chi connectivity index (χ1n) is 9.62. The number of amides is 1. The molecule has 5 heteroatoms. The number of ether oxygens (including phenoxy) is 1. The zero-order chi connectivity index (χ0) is 19.9. The molecule has 0 bridgehead atoms. The van der Waals surface area contributed by atoms with Gasteiger partial charge in [-0.3, -0.25) is 4.79 Å². The van der Waals surface area contributed by atoms with Crippen molar-refractivity contribution >= 4 is 5.91 Å². The van der Waals surface area contributed by atoms with Crippen LogP contribution in [0.1, 0.15) is 42.0 Å². The Bertz CT molecular complexity index is 888. The van der Waals surface area contributed by atoms with E-state index in [9.17, 15) is 4.79 Å². The molecule has 3 aromatic rings. The van der Waals surface area contributed by atoms with Crippen molar-refractivity contribution in [2.75, 3.05) is 0 Å². The zero-order valence-electron chi connectivity index (χ0n) is 16.7. The minimum atomic E-state index is 0.0360. The summed E-state index contributed by atoms with van der Waals surface area (Å²) in [5.41, 5.74) is 1.80. The summed E-state index contributed by atoms with van der Waals surface area (Å²) < 4.78 is 7.70. The molecule has 0 spiro atoms. The Balaban J connectivity index is 1.69. The fourth-order valence-electron chi connectivity index (χ4n) is 2.97. The molecule has 0 fully saturated rings. The average molecular weight is 377 g/mol. The van der Waals surface area contributed by atoms with E-state index in [4.69, 9.17) is 4.74 Å². The number of carbonyl (C=O) groups is 1. The van der Waals surface area contributed by atoms with Crippen molar-refractivity contribution in [3.63, 3.8) is 0 Å². The van der Waals surface area contributed by atoms with Gasteiger partial charge in [0.2, 0.25) is 0 Å². The van der Waals surface area contributed by atoms with E-state index in [0.717, 1.165) is 23.6 Å². The molecule has 1 amide bonds. The number of carbonyl (C=O) groups excluding carboxylic acids is 1. The van der Waals surface area contributed by atoms with Crippen molar-refractivity contribution in [3.8, 4) is 5.75 Å². The molecule has 0 N–H and O–H groups in total. The van der Waals surface area contributed by atoms with Gasteiger partial charge in [-0.05, 0) is 43.2 Å². The van der Waals surface area contributed by atoms with Crippen molar-refractivity contribution in [3.05, 3.63) is 83.9 Å².